The van der Waals surface area contributed by atoms with E-state index in [1.165, 1.54) is 4.90 Å². The fourth-order valence-corrected chi connectivity index (χ4v) is 14.2. The van der Waals surface area contributed by atoms with Gasteiger partial charge in [-0.3, -0.25) is 0 Å². The van der Waals surface area contributed by atoms with E-state index < -0.39 is 46.3 Å². The van der Waals surface area contributed by atoms with E-state index in [-0.39, 0.29) is 9.81 Å². The molecule has 1 aliphatic heterocycles. The topological polar surface area (TPSA) is 81.5 Å². The number of carbonyl (C=O) groups is 1. The van der Waals surface area contributed by atoms with Gasteiger partial charge in [0.05, 0.1) is 0 Å². The van der Waals surface area contributed by atoms with Gasteiger partial charge >= 0.3 is 154 Å². The number of halogens is 1. The van der Waals surface area contributed by atoms with Crippen LogP contribution >= 0.6 is 11.6 Å². The molecule has 2 rings (SSSR count). The van der Waals surface area contributed by atoms with Crippen molar-refractivity contribution in [1.29, 1.82) is 0 Å². The van der Waals surface area contributed by atoms with Crippen LogP contribution in [0.15, 0.2) is 0 Å². The standard InChI is InChI=1S/C12H18N3O4S.C2H6.CH2Cl.Hg/c1-8-9-6-14(11(16)19-12(2,3)4)7-10(9)13-15(8)20(5,17)18;2*1-2;/h5-7H2,1-4H3;1-2H3;1H2;. The second kappa shape index (κ2) is 9.04. The maximum atomic E-state index is 12.3. The molecule has 7 nitrogen and oxygen atoms in total. The summed E-state index contributed by atoms with van der Waals surface area (Å²) in [4.78, 5) is 13.6. The van der Waals surface area contributed by atoms with Gasteiger partial charge in [0, 0.05) is 0 Å². The van der Waals surface area contributed by atoms with Gasteiger partial charge in [0.25, 0.3) is 0 Å². The van der Waals surface area contributed by atoms with Crippen LogP contribution in [-0.2, 0) is 52.4 Å². The number of ether oxygens (including phenoxy) is 1. The van der Waals surface area contributed by atoms with E-state index in [9.17, 15) is 13.2 Å². The van der Waals surface area contributed by atoms with E-state index in [4.69, 9.17) is 16.3 Å². The van der Waals surface area contributed by atoms with Crippen LogP contribution in [0.2, 0.25) is 0 Å². The summed E-state index contributed by atoms with van der Waals surface area (Å²) in [6.45, 7) is 11.7. The van der Waals surface area contributed by atoms with Crippen molar-refractivity contribution in [1.82, 2.24) is 14.1 Å². The molecule has 0 radical (unpaired) electrons. The van der Waals surface area contributed by atoms with E-state index in [0.29, 0.717) is 21.3 Å². The molecule has 1 aromatic rings. The quantitative estimate of drug-likeness (QED) is 0.405. The van der Waals surface area contributed by atoms with Gasteiger partial charge in [-0.05, 0) is 0 Å². The molecule has 0 atom stereocenters. The Morgan fingerprint density at radius 1 is 1.32 bits per heavy atom. The first-order chi connectivity index (χ1) is 11.5. The van der Waals surface area contributed by atoms with E-state index in [2.05, 4.69) is 5.10 Å². The molecule has 0 fully saturated rings. The SMILES string of the molecule is CC.Cc1c2c(nn1S(=O)(=O)[CH2][Hg][CH2]Cl)CN(C(=O)OC(C)(C)C)C2. The number of amides is 1. The Labute approximate surface area is 167 Å². The summed E-state index contributed by atoms with van der Waals surface area (Å²) in [5.74, 6) is 0. The summed E-state index contributed by atoms with van der Waals surface area (Å²) in [6, 6.07) is 0. The normalized spacial score (nSPS) is 13.6. The van der Waals surface area contributed by atoms with Crippen LogP contribution in [0, 0.1) is 6.92 Å². The second-order valence-electron chi connectivity index (χ2n) is 6.55. The zero-order chi connectivity index (χ0) is 19.4. The van der Waals surface area contributed by atoms with Crippen molar-refractivity contribution >= 4 is 27.7 Å². The third kappa shape index (κ3) is 5.82. The van der Waals surface area contributed by atoms with Crippen molar-refractivity contribution in [3.8, 4) is 0 Å². The maximum absolute atomic E-state index is 12.3. The summed E-state index contributed by atoms with van der Waals surface area (Å²) in [6.07, 6.45) is -0.414. The summed E-state index contributed by atoms with van der Waals surface area (Å²) >= 11 is 4.09. The fourth-order valence-electron chi connectivity index (χ4n) is 2.38. The molecule has 1 amide bonds. The van der Waals surface area contributed by atoms with Crippen LogP contribution in [0.3, 0.4) is 0 Å². The minimum absolute atomic E-state index is 0.174. The average Bonchev–Trinajstić information content (AvgIpc) is 3.06. The van der Waals surface area contributed by atoms with Crippen LogP contribution < -0.4 is 0 Å². The molecule has 0 saturated carbocycles. The molecular weight excluding hydrogens is 554 g/mol. The number of nitrogens with zero attached hydrogens (tertiary/aromatic N) is 3. The predicted molar refractivity (Wildman–Crippen MR) is 93.7 cm³/mol. The van der Waals surface area contributed by atoms with Crippen molar-refractivity contribution in [3.63, 3.8) is 0 Å². The van der Waals surface area contributed by atoms with Crippen LogP contribution in [0.25, 0.3) is 0 Å². The number of hydrogen-bond donors (Lipinski definition) is 0. The summed E-state index contributed by atoms with van der Waals surface area (Å²) in [5, 5.41) is 4.22. The Hall–Kier alpha value is -0.345. The van der Waals surface area contributed by atoms with E-state index >= 15 is 0 Å². The molecule has 1 aromatic heterocycles. The second-order valence-corrected chi connectivity index (χ2v) is 20.8. The van der Waals surface area contributed by atoms with E-state index in [0.717, 1.165) is 9.65 Å². The van der Waals surface area contributed by atoms with E-state index in [1.807, 2.05) is 13.8 Å². The van der Waals surface area contributed by atoms with Crippen molar-refractivity contribution in [2.24, 2.45) is 0 Å². The van der Waals surface area contributed by atoms with Gasteiger partial charge in [-0.1, -0.05) is 13.8 Å². The Bertz CT molecular complexity index is 713. The first-order valence-corrected chi connectivity index (χ1v) is 18.3. The Kier molecular flexibility index (Phi) is 8.20. The third-order valence-electron chi connectivity index (χ3n) is 3.42. The number of carbonyl (C=O) groups excluding carboxylic acids is 1. The van der Waals surface area contributed by atoms with Crippen molar-refractivity contribution in [2.45, 2.75) is 60.2 Å². The van der Waals surface area contributed by atoms with Crippen molar-refractivity contribution in [2.75, 3.05) is 6.65 Å². The fraction of sp³-hybridized carbons (Fsp3) is 0.733. The molecule has 0 aromatic carbocycles. The molecule has 140 valence electrons. The Morgan fingerprint density at radius 2 is 1.92 bits per heavy atom. The van der Waals surface area contributed by atoms with Gasteiger partial charge < -0.3 is 0 Å². The number of aromatic nitrogens is 2. The van der Waals surface area contributed by atoms with Gasteiger partial charge in [0.2, 0.25) is 0 Å². The molecular formula is C15H26ClHgN3O4S. The average molecular weight is 580 g/mol. The number of alkyl halides is 1. The predicted octanol–water partition coefficient (Wildman–Crippen LogP) is 2.88. The summed E-state index contributed by atoms with van der Waals surface area (Å²) in [7, 11) is -3.41. The number of rotatable bonds is 4. The molecule has 0 bridgehead atoms. The van der Waals surface area contributed by atoms with Gasteiger partial charge in [-0.25, -0.2) is 0 Å². The zero-order valence-electron chi connectivity index (χ0n) is 15.8. The van der Waals surface area contributed by atoms with Crippen LogP contribution in [0.1, 0.15) is 51.6 Å². The van der Waals surface area contributed by atoms with Crippen LogP contribution in [0.4, 0.5) is 4.79 Å². The summed E-state index contributed by atoms with van der Waals surface area (Å²) in [5.41, 5.74) is 1.43. The molecule has 10 heteroatoms. The van der Waals surface area contributed by atoms with Gasteiger partial charge in [0.1, 0.15) is 0 Å². The third-order valence-corrected chi connectivity index (χ3v) is 17.9. The van der Waals surface area contributed by atoms with Crippen LogP contribution in [-0.4, -0.2) is 40.8 Å². The van der Waals surface area contributed by atoms with Crippen LogP contribution in [0.5, 0.6) is 0 Å². The van der Waals surface area contributed by atoms with Gasteiger partial charge in [-0.15, -0.1) is 0 Å². The molecule has 1 aliphatic rings. The number of fused-ring (bicyclic) bond motifs is 1. The molecule has 2 heterocycles. The van der Waals surface area contributed by atoms with Gasteiger partial charge in [0.15, 0.2) is 0 Å². The molecule has 0 N–H and O–H groups in total. The van der Waals surface area contributed by atoms with Crippen molar-refractivity contribution in [3.05, 3.63) is 17.0 Å². The Morgan fingerprint density at radius 3 is 2.40 bits per heavy atom. The molecule has 0 saturated heterocycles. The first kappa shape index (κ1) is 22.7. The molecule has 0 spiro atoms. The molecule has 0 aliphatic carbocycles. The molecule has 0 unspecified atom stereocenters. The zero-order valence-corrected chi connectivity index (χ0v) is 22.9. The molecule has 25 heavy (non-hydrogen) atoms. The van der Waals surface area contributed by atoms with Crippen molar-refractivity contribution < 1.29 is 42.5 Å². The monoisotopic (exact) mass is 581 g/mol. The summed E-state index contributed by atoms with van der Waals surface area (Å²) < 4.78 is 31.8. The number of hydrogen-bond acceptors (Lipinski definition) is 5. The minimum atomic E-state index is -3.41. The Balaban J connectivity index is 0.00000151. The van der Waals surface area contributed by atoms with Gasteiger partial charge in [-0.2, -0.15) is 0 Å². The van der Waals surface area contributed by atoms with E-state index in [1.54, 1.807) is 27.7 Å². The first-order valence-electron chi connectivity index (χ1n) is 8.39.